The Labute approximate surface area is 138 Å². The van der Waals surface area contributed by atoms with Gasteiger partial charge in [0.05, 0.1) is 24.5 Å². The Bertz CT molecular complexity index is 1020. The van der Waals surface area contributed by atoms with Crippen molar-refractivity contribution < 1.29 is 4.39 Å². The lowest BCUT2D eigenvalue weighted by Gasteiger charge is -2.06. The average Bonchev–Trinajstić information content (AvgIpc) is 2.97. The van der Waals surface area contributed by atoms with Crippen molar-refractivity contribution in [2.45, 2.75) is 13.5 Å². The molecule has 4 rings (SSSR count). The third kappa shape index (κ3) is 2.76. The normalized spacial score (nSPS) is 11.1. The summed E-state index contributed by atoms with van der Waals surface area (Å²) in [5.74, 6) is -0.345. The maximum absolute atomic E-state index is 13.3. The molecule has 4 aromatic rings. The molecule has 0 saturated heterocycles. The van der Waals surface area contributed by atoms with Gasteiger partial charge in [0.1, 0.15) is 11.3 Å². The lowest BCUT2D eigenvalue weighted by atomic mass is 10.1. The highest BCUT2D eigenvalue weighted by atomic mass is 19.1. The van der Waals surface area contributed by atoms with Crippen molar-refractivity contribution in [2.75, 3.05) is 0 Å². The number of pyridine rings is 2. The minimum atomic E-state index is -0.345. The zero-order chi connectivity index (χ0) is 16.5. The summed E-state index contributed by atoms with van der Waals surface area (Å²) in [4.78, 5) is 8.38. The van der Waals surface area contributed by atoms with Crippen molar-refractivity contribution in [3.8, 4) is 11.1 Å². The van der Waals surface area contributed by atoms with Gasteiger partial charge in [0.15, 0.2) is 0 Å². The van der Waals surface area contributed by atoms with Crippen LogP contribution in [0.15, 0.2) is 61.2 Å². The minimum Gasteiger partial charge on any atom is -0.261 e. The second-order valence-electron chi connectivity index (χ2n) is 5.81. The number of hydrogen-bond acceptors (Lipinski definition) is 3. The second-order valence-corrected chi connectivity index (χ2v) is 5.81. The zero-order valence-electron chi connectivity index (χ0n) is 13.1. The number of aromatic nitrogens is 4. The fourth-order valence-corrected chi connectivity index (χ4v) is 2.78. The number of fused-ring (bicyclic) bond motifs is 1. The van der Waals surface area contributed by atoms with E-state index < -0.39 is 0 Å². The Morgan fingerprint density at radius 3 is 2.75 bits per heavy atom. The Morgan fingerprint density at radius 1 is 1.00 bits per heavy atom. The van der Waals surface area contributed by atoms with E-state index in [2.05, 4.69) is 46.3 Å². The molecule has 3 heterocycles. The maximum atomic E-state index is 13.3. The standard InChI is InChI=1S/C19H15FN4/c1-13-3-2-4-15(5-13)16-7-19-18(22-9-16)11-23-24(19)12-14-6-17(20)10-21-8-14/h2-11H,12H2,1H3. The van der Waals surface area contributed by atoms with Gasteiger partial charge in [-0.25, -0.2) is 4.39 Å². The first-order chi connectivity index (χ1) is 11.7. The van der Waals surface area contributed by atoms with Crippen LogP contribution in [0.1, 0.15) is 11.1 Å². The van der Waals surface area contributed by atoms with Crippen LogP contribution in [0.4, 0.5) is 4.39 Å². The van der Waals surface area contributed by atoms with Gasteiger partial charge in [0, 0.05) is 18.0 Å². The summed E-state index contributed by atoms with van der Waals surface area (Å²) in [6.45, 7) is 2.52. The van der Waals surface area contributed by atoms with Crippen LogP contribution in [0.3, 0.4) is 0 Å². The quantitative estimate of drug-likeness (QED) is 0.574. The molecule has 4 nitrogen and oxygen atoms in total. The third-order valence-corrected chi connectivity index (χ3v) is 3.94. The summed E-state index contributed by atoms with van der Waals surface area (Å²) in [7, 11) is 0. The van der Waals surface area contributed by atoms with E-state index in [1.807, 2.05) is 16.9 Å². The molecule has 24 heavy (non-hydrogen) atoms. The fourth-order valence-electron chi connectivity index (χ4n) is 2.78. The summed E-state index contributed by atoms with van der Waals surface area (Å²) in [5, 5.41) is 4.38. The molecule has 0 saturated carbocycles. The summed E-state index contributed by atoms with van der Waals surface area (Å²) < 4.78 is 15.1. The van der Waals surface area contributed by atoms with Crippen molar-refractivity contribution in [1.29, 1.82) is 0 Å². The molecule has 0 unspecified atom stereocenters. The van der Waals surface area contributed by atoms with Crippen LogP contribution in [-0.2, 0) is 6.54 Å². The van der Waals surface area contributed by atoms with Crippen molar-refractivity contribution in [3.05, 3.63) is 78.1 Å². The van der Waals surface area contributed by atoms with E-state index in [9.17, 15) is 4.39 Å². The molecule has 1 aromatic carbocycles. The molecule has 0 amide bonds. The molecule has 0 bridgehead atoms. The van der Waals surface area contributed by atoms with E-state index in [1.165, 1.54) is 17.8 Å². The van der Waals surface area contributed by atoms with Gasteiger partial charge in [-0.15, -0.1) is 0 Å². The largest absolute Gasteiger partial charge is 0.261 e. The fraction of sp³-hybridized carbons (Fsp3) is 0.105. The van der Waals surface area contributed by atoms with E-state index in [1.54, 1.807) is 12.4 Å². The Balaban J connectivity index is 1.76. The summed E-state index contributed by atoms with van der Waals surface area (Å²) in [6, 6.07) is 11.8. The second kappa shape index (κ2) is 5.85. The molecule has 0 N–H and O–H groups in total. The number of rotatable bonds is 3. The van der Waals surface area contributed by atoms with Crippen LogP contribution in [0.2, 0.25) is 0 Å². The van der Waals surface area contributed by atoms with E-state index in [0.717, 1.165) is 27.7 Å². The predicted molar refractivity (Wildman–Crippen MR) is 91.0 cm³/mol. The van der Waals surface area contributed by atoms with E-state index in [-0.39, 0.29) is 5.82 Å². The monoisotopic (exact) mass is 318 g/mol. The van der Waals surface area contributed by atoms with Crippen LogP contribution in [0, 0.1) is 12.7 Å². The Morgan fingerprint density at radius 2 is 1.92 bits per heavy atom. The first-order valence-electron chi connectivity index (χ1n) is 7.67. The van der Waals surface area contributed by atoms with Crippen molar-refractivity contribution >= 4 is 11.0 Å². The highest BCUT2D eigenvalue weighted by Crippen LogP contribution is 2.23. The van der Waals surface area contributed by atoms with Gasteiger partial charge in [0.2, 0.25) is 0 Å². The van der Waals surface area contributed by atoms with Crippen LogP contribution >= 0.6 is 0 Å². The molecule has 0 fully saturated rings. The number of aryl methyl sites for hydroxylation is 1. The summed E-state index contributed by atoms with van der Waals surface area (Å²) >= 11 is 0. The van der Waals surface area contributed by atoms with Crippen molar-refractivity contribution in [1.82, 2.24) is 19.7 Å². The van der Waals surface area contributed by atoms with Gasteiger partial charge in [-0.2, -0.15) is 5.10 Å². The van der Waals surface area contributed by atoms with Crippen LogP contribution in [0.5, 0.6) is 0 Å². The van der Waals surface area contributed by atoms with E-state index in [4.69, 9.17) is 0 Å². The molecule has 0 aliphatic carbocycles. The maximum Gasteiger partial charge on any atom is 0.141 e. The van der Waals surface area contributed by atoms with Gasteiger partial charge in [-0.1, -0.05) is 29.8 Å². The first-order valence-corrected chi connectivity index (χ1v) is 7.67. The van der Waals surface area contributed by atoms with Crippen LogP contribution in [0.25, 0.3) is 22.2 Å². The zero-order valence-corrected chi connectivity index (χ0v) is 13.1. The van der Waals surface area contributed by atoms with Gasteiger partial charge in [0.25, 0.3) is 0 Å². The first kappa shape index (κ1) is 14.5. The van der Waals surface area contributed by atoms with Gasteiger partial charge < -0.3 is 0 Å². The van der Waals surface area contributed by atoms with Crippen molar-refractivity contribution in [3.63, 3.8) is 0 Å². The van der Waals surface area contributed by atoms with Crippen LogP contribution < -0.4 is 0 Å². The van der Waals surface area contributed by atoms with Gasteiger partial charge in [-0.05, 0) is 30.2 Å². The van der Waals surface area contributed by atoms with Crippen molar-refractivity contribution in [2.24, 2.45) is 0 Å². The van der Waals surface area contributed by atoms with Gasteiger partial charge >= 0.3 is 0 Å². The topological polar surface area (TPSA) is 43.6 Å². The molecule has 0 aliphatic rings. The highest BCUT2D eigenvalue weighted by Gasteiger charge is 2.08. The molecule has 0 radical (unpaired) electrons. The molecular formula is C19H15FN4. The molecule has 3 aromatic heterocycles. The van der Waals surface area contributed by atoms with Gasteiger partial charge in [-0.3, -0.25) is 14.6 Å². The molecule has 5 heteroatoms. The van der Waals surface area contributed by atoms with E-state index in [0.29, 0.717) is 6.54 Å². The molecular weight excluding hydrogens is 303 g/mol. The predicted octanol–water partition coefficient (Wildman–Crippen LogP) is 3.99. The minimum absolute atomic E-state index is 0.345. The lowest BCUT2D eigenvalue weighted by Crippen LogP contribution is -2.02. The number of benzene rings is 1. The van der Waals surface area contributed by atoms with Crippen LogP contribution in [-0.4, -0.2) is 19.7 Å². The SMILES string of the molecule is Cc1cccc(-c2cnc3cnn(Cc4cncc(F)c4)c3c2)c1. The highest BCUT2D eigenvalue weighted by molar-refractivity contribution is 5.80. The summed E-state index contributed by atoms with van der Waals surface area (Å²) in [5.41, 5.74) is 5.84. The average molecular weight is 318 g/mol. The molecule has 0 atom stereocenters. The van der Waals surface area contributed by atoms with E-state index >= 15 is 0 Å². The summed E-state index contributed by atoms with van der Waals surface area (Å²) in [6.07, 6.45) is 6.42. The number of nitrogens with zero attached hydrogens (tertiary/aromatic N) is 4. The third-order valence-electron chi connectivity index (χ3n) is 3.94. The molecule has 0 aliphatic heterocycles. The molecule has 0 spiro atoms. The Kier molecular flexibility index (Phi) is 3.54. The smallest absolute Gasteiger partial charge is 0.141 e. The number of hydrogen-bond donors (Lipinski definition) is 0. The Hall–Kier alpha value is -3.08. The number of halogens is 1. The lowest BCUT2D eigenvalue weighted by molar-refractivity contribution is 0.613. The molecule has 118 valence electrons.